The summed E-state index contributed by atoms with van der Waals surface area (Å²) in [4.78, 5) is 17.5. The topological polar surface area (TPSA) is 69.6 Å². The van der Waals surface area contributed by atoms with Gasteiger partial charge in [-0.1, -0.05) is 35.9 Å². The fraction of sp³-hybridized carbons (Fsp3) is 0.100. The van der Waals surface area contributed by atoms with Gasteiger partial charge in [0.25, 0.3) is 5.91 Å². The lowest BCUT2D eigenvalue weighted by atomic mass is 10.2. The molecule has 2 N–H and O–H groups in total. The van der Waals surface area contributed by atoms with E-state index in [-0.39, 0.29) is 0 Å². The highest BCUT2D eigenvalue weighted by Crippen LogP contribution is 2.36. The lowest BCUT2D eigenvalue weighted by Crippen LogP contribution is -2.11. The Hall–Kier alpha value is -2.83. The lowest BCUT2D eigenvalue weighted by molar-refractivity contribution is 0.100. The van der Waals surface area contributed by atoms with Crippen molar-refractivity contribution in [1.82, 2.24) is 9.38 Å². The quantitative estimate of drug-likeness (QED) is 0.523. The van der Waals surface area contributed by atoms with Crippen molar-refractivity contribution in [3.05, 3.63) is 76.4 Å². The molecule has 4 rings (SSSR count). The number of hydrogen-bond acceptors (Lipinski definition) is 4. The van der Waals surface area contributed by atoms with Crippen molar-refractivity contribution in [3.63, 3.8) is 0 Å². The van der Waals surface area contributed by atoms with Gasteiger partial charge in [0.05, 0.1) is 23.4 Å². The second kappa shape index (κ2) is 7.42. The zero-order valence-electron chi connectivity index (χ0n) is 14.3. The van der Waals surface area contributed by atoms with Gasteiger partial charge in [0.2, 0.25) is 0 Å². The number of rotatable bonds is 6. The van der Waals surface area contributed by atoms with Gasteiger partial charge in [0.1, 0.15) is 16.3 Å². The molecule has 1 aromatic carbocycles. The van der Waals surface area contributed by atoms with E-state index in [1.807, 2.05) is 59.1 Å². The van der Waals surface area contributed by atoms with E-state index in [0.717, 1.165) is 21.8 Å². The van der Waals surface area contributed by atoms with Crippen molar-refractivity contribution >= 4 is 34.5 Å². The van der Waals surface area contributed by atoms with Gasteiger partial charge in [-0.15, -0.1) is 11.3 Å². The number of carbonyl (C=O) groups is 1. The number of aromatic nitrogens is 2. The van der Waals surface area contributed by atoms with Gasteiger partial charge >= 0.3 is 0 Å². The Labute approximate surface area is 165 Å². The molecule has 0 aliphatic carbocycles. The molecule has 0 spiro atoms. The van der Waals surface area contributed by atoms with Gasteiger partial charge in [-0.2, -0.15) is 0 Å². The Kier molecular flexibility index (Phi) is 4.83. The number of hydrogen-bond donors (Lipinski definition) is 1. The molecule has 136 valence electrons. The summed E-state index contributed by atoms with van der Waals surface area (Å²) in [6.45, 7) is 0.396. The third-order valence-corrected chi connectivity index (χ3v) is 5.70. The number of carbonyl (C=O) groups excluding carboxylic acids is 1. The summed E-state index contributed by atoms with van der Waals surface area (Å²) in [5.74, 6) is -0.0201. The maximum absolute atomic E-state index is 11.9. The molecular formula is C20H16ClN3O2S. The highest BCUT2D eigenvalue weighted by molar-refractivity contribution is 7.17. The fourth-order valence-corrected chi connectivity index (χ4v) is 4.06. The third-order valence-electron chi connectivity index (χ3n) is 4.18. The van der Waals surface area contributed by atoms with Crippen LogP contribution in [0.5, 0.6) is 5.75 Å². The number of ether oxygens (including phenoxy) is 1. The number of pyridine rings is 1. The second-order valence-corrected chi connectivity index (χ2v) is 7.39. The summed E-state index contributed by atoms with van der Waals surface area (Å²) >= 11 is 7.48. The van der Waals surface area contributed by atoms with Gasteiger partial charge < -0.3 is 10.5 Å². The fourth-order valence-electron chi connectivity index (χ4n) is 2.87. The van der Waals surface area contributed by atoms with E-state index in [0.29, 0.717) is 28.7 Å². The van der Waals surface area contributed by atoms with Gasteiger partial charge in [0, 0.05) is 23.7 Å². The summed E-state index contributed by atoms with van der Waals surface area (Å²) in [7, 11) is 0. The first-order chi connectivity index (χ1) is 13.1. The zero-order valence-corrected chi connectivity index (χ0v) is 15.8. The van der Waals surface area contributed by atoms with Gasteiger partial charge in [-0.3, -0.25) is 9.20 Å². The van der Waals surface area contributed by atoms with Crippen molar-refractivity contribution in [2.24, 2.45) is 5.73 Å². The van der Waals surface area contributed by atoms with Crippen LogP contribution in [0, 0.1) is 0 Å². The molecular weight excluding hydrogens is 382 g/mol. The van der Waals surface area contributed by atoms with E-state index in [4.69, 9.17) is 22.1 Å². The third kappa shape index (κ3) is 3.54. The van der Waals surface area contributed by atoms with Crippen LogP contribution in [0.3, 0.4) is 0 Å². The molecule has 7 heteroatoms. The molecule has 27 heavy (non-hydrogen) atoms. The maximum atomic E-state index is 11.9. The van der Waals surface area contributed by atoms with E-state index in [1.54, 1.807) is 6.20 Å². The van der Waals surface area contributed by atoms with E-state index in [2.05, 4.69) is 4.98 Å². The number of benzene rings is 1. The first-order valence-corrected chi connectivity index (χ1v) is 9.55. The normalized spacial score (nSPS) is 11.0. The average molecular weight is 398 g/mol. The monoisotopic (exact) mass is 397 g/mol. The average Bonchev–Trinajstić information content (AvgIpc) is 3.27. The van der Waals surface area contributed by atoms with Gasteiger partial charge in [0.15, 0.2) is 0 Å². The molecule has 3 aromatic heterocycles. The largest absolute Gasteiger partial charge is 0.491 e. The zero-order chi connectivity index (χ0) is 18.8. The van der Waals surface area contributed by atoms with E-state index in [1.165, 1.54) is 11.3 Å². The van der Waals surface area contributed by atoms with Crippen molar-refractivity contribution < 1.29 is 9.53 Å². The molecule has 0 aliphatic rings. The Bertz CT molecular complexity index is 1120. The van der Waals surface area contributed by atoms with Crippen molar-refractivity contribution in [2.75, 3.05) is 6.61 Å². The summed E-state index contributed by atoms with van der Waals surface area (Å²) < 4.78 is 7.83. The molecule has 0 saturated carbocycles. The summed E-state index contributed by atoms with van der Waals surface area (Å²) in [5.41, 5.74) is 8.27. The van der Waals surface area contributed by atoms with Crippen molar-refractivity contribution in [3.8, 4) is 16.3 Å². The summed E-state index contributed by atoms with van der Waals surface area (Å²) in [6.07, 6.45) is 4.34. The van der Waals surface area contributed by atoms with Crippen LogP contribution in [0.25, 0.3) is 16.2 Å². The molecule has 0 radical (unpaired) electrons. The van der Waals surface area contributed by atoms with Crippen LogP contribution in [-0.4, -0.2) is 21.9 Å². The smallest absolute Gasteiger partial charge is 0.262 e. The summed E-state index contributed by atoms with van der Waals surface area (Å²) in [6, 6.07) is 15.3. The minimum atomic E-state index is -0.507. The van der Waals surface area contributed by atoms with Crippen molar-refractivity contribution in [1.29, 1.82) is 0 Å². The standard InChI is InChI=1S/C20H16ClN3O2S/c21-14-6-2-1-5-13(14)8-10-26-16-11-17(27-19(16)20(22)25)15-12-23-18-7-3-4-9-24(15)18/h1-7,9,11-12H,8,10H2,(H2,22,25). The number of nitrogens with zero attached hydrogens (tertiary/aromatic N) is 2. The maximum Gasteiger partial charge on any atom is 0.262 e. The predicted octanol–water partition coefficient (Wildman–Crippen LogP) is 4.44. The first kappa shape index (κ1) is 17.6. The van der Waals surface area contributed by atoms with Crippen LogP contribution in [0.2, 0.25) is 5.02 Å². The molecule has 0 atom stereocenters. The minimum absolute atomic E-state index is 0.396. The molecule has 5 nitrogen and oxygen atoms in total. The van der Waals surface area contributed by atoms with Crippen LogP contribution in [0.1, 0.15) is 15.2 Å². The van der Waals surface area contributed by atoms with Crippen LogP contribution in [0.15, 0.2) is 60.9 Å². The molecule has 4 aromatic rings. The predicted molar refractivity (Wildman–Crippen MR) is 108 cm³/mol. The Morgan fingerprint density at radius 1 is 1.22 bits per heavy atom. The van der Waals surface area contributed by atoms with Crippen LogP contribution < -0.4 is 10.5 Å². The molecule has 0 unspecified atom stereocenters. The van der Waals surface area contributed by atoms with Crippen LogP contribution in [0.4, 0.5) is 0 Å². The van der Waals surface area contributed by atoms with E-state index < -0.39 is 5.91 Å². The molecule has 0 aliphatic heterocycles. The number of nitrogens with two attached hydrogens (primary N) is 1. The Morgan fingerprint density at radius 3 is 2.85 bits per heavy atom. The SMILES string of the molecule is NC(=O)c1sc(-c2cnc3ccccn23)cc1OCCc1ccccc1Cl. The first-order valence-electron chi connectivity index (χ1n) is 8.36. The molecule has 0 bridgehead atoms. The second-order valence-electron chi connectivity index (χ2n) is 5.93. The highest BCUT2D eigenvalue weighted by atomic mass is 35.5. The summed E-state index contributed by atoms with van der Waals surface area (Å²) in [5, 5.41) is 0.702. The van der Waals surface area contributed by atoms with Crippen LogP contribution in [-0.2, 0) is 6.42 Å². The number of imidazole rings is 1. The minimum Gasteiger partial charge on any atom is -0.491 e. The Balaban J connectivity index is 1.59. The van der Waals surface area contributed by atoms with Gasteiger partial charge in [-0.25, -0.2) is 4.98 Å². The van der Waals surface area contributed by atoms with E-state index >= 15 is 0 Å². The molecule has 3 heterocycles. The number of halogens is 1. The Morgan fingerprint density at radius 2 is 2.04 bits per heavy atom. The molecule has 1 amide bonds. The number of fused-ring (bicyclic) bond motifs is 1. The number of primary amides is 1. The lowest BCUT2D eigenvalue weighted by Gasteiger charge is -2.07. The van der Waals surface area contributed by atoms with Crippen LogP contribution >= 0.6 is 22.9 Å². The van der Waals surface area contributed by atoms with Crippen molar-refractivity contribution in [2.45, 2.75) is 6.42 Å². The molecule has 0 saturated heterocycles. The number of amides is 1. The van der Waals surface area contributed by atoms with Gasteiger partial charge in [-0.05, 0) is 23.8 Å². The highest BCUT2D eigenvalue weighted by Gasteiger charge is 2.18. The molecule has 0 fully saturated rings. The van der Waals surface area contributed by atoms with E-state index in [9.17, 15) is 4.79 Å². The number of thiophene rings is 1.